The molecule has 0 saturated carbocycles. The van der Waals surface area contributed by atoms with E-state index in [0.717, 1.165) is 17.7 Å². The molecule has 1 heterocycles. The number of nitrogen functional groups attached to an aromatic ring is 1. The van der Waals surface area contributed by atoms with Gasteiger partial charge in [-0.25, -0.2) is 9.97 Å². The SMILES string of the molecule is NCc1ccc(Cc2ccnc(N)n2)cc1. The van der Waals surface area contributed by atoms with E-state index in [0.29, 0.717) is 12.5 Å². The van der Waals surface area contributed by atoms with Gasteiger partial charge in [0.1, 0.15) is 0 Å². The van der Waals surface area contributed by atoms with Gasteiger partial charge >= 0.3 is 0 Å². The van der Waals surface area contributed by atoms with Crippen molar-refractivity contribution in [3.8, 4) is 0 Å². The lowest BCUT2D eigenvalue weighted by Crippen LogP contribution is -2.00. The molecule has 0 bridgehead atoms. The van der Waals surface area contributed by atoms with Crippen molar-refractivity contribution in [2.75, 3.05) is 5.73 Å². The summed E-state index contributed by atoms with van der Waals surface area (Å²) in [7, 11) is 0. The van der Waals surface area contributed by atoms with Crippen LogP contribution in [0.1, 0.15) is 16.8 Å². The van der Waals surface area contributed by atoms with Crippen molar-refractivity contribution in [2.45, 2.75) is 13.0 Å². The summed E-state index contributed by atoms with van der Waals surface area (Å²) in [6.45, 7) is 0.570. The van der Waals surface area contributed by atoms with Crippen LogP contribution in [0.25, 0.3) is 0 Å². The van der Waals surface area contributed by atoms with Gasteiger partial charge < -0.3 is 11.5 Å². The van der Waals surface area contributed by atoms with Gasteiger partial charge in [-0.05, 0) is 17.2 Å². The van der Waals surface area contributed by atoms with E-state index < -0.39 is 0 Å². The van der Waals surface area contributed by atoms with Crippen LogP contribution in [-0.4, -0.2) is 9.97 Å². The van der Waals surface area contributed by atoms with Gasteiger partial charge in [0.15, 0.2) is 0 Å². The fourth-order valence-corrected chi connectivity index (χ4v) is 1.51. The molecule has 0 spiro atoms. The van der Waals surface area contributed by atoms with E-state index >= 15 is 0 Å². The third-order valence-corrected chi connectivity index (χ3v) is 2.38. The molecule has 2 aromatic rings. The molecule has 1 aromatic carbocycles. The Balaban J connectivity index is 2.14. The number of nitrogens with zero attached hydrogens (tertiary/aromatic N) is 2. The first-order valence-electron chi connectivity index (χ1n) is 5.13. The van der Waals surface area contributed by atoms with Crippen LogP contribution in [-0.2, 0) is 13.0 Å². The Hall–Kier alpha value is -1.94. The zero-order valence-corrected chi connectivity index (χ0v) is 8.93. The van der Waals surface area contributed by atoms with Crippen molar-refractivity contribution < 1.29 is 0 Å². The first-order valence-corrected chi connectivity index (χ1v) is 5.13. The highest BCUT2D eigenvalue weighted by atomic mass is 15.0. The van der Waals surface area contributed by atoms with E-state index in [1.54, 1.807) is 6.20 Å². The van der Waals surface area contributed by atoms with Gasteiger partial charge in [0.25, 0.3) is 0 Å². The molecule has 1 aromatic heterocycles. The van der Waals surface area contributed by atoms with Crippen LogP contribution >= 0.6 is 0 Å². The Morgan fingerprint density at radius 1 is 1.00 bits per heavy atom. The van der Waals surface area contributed by atoms with Gasteiger partial charge in [-0.2, -0.15) is 0 Å². The van der Waals surface area contributed by atoms with Gasteiger partial charge in [0.05, 0.1) is 5.69 Å². The lowest BCUT2D eigenvalue weighted by molar-refractivity contribution is 1.03. The molecule has 4 nitrogen and oxygen atoms in total. The zero-order chi connectivity index (χ0) is 11.4. The van der Waals surface area contributed by atoms with Crippen LogP contribution in [0.5, 0.6) is 0 Å². The molecule has 0 unspecified atom stereocenters. The molecule has 16 heavy (non-hydrogen) atoms. The van der Waals surface area contributed by atoms with E-state index in [1.165, 1.54) is 5.56 Å². The Kier molecular flexibility index (Phi) is 3.12. The Morgan fingerprint density at radius 3 is 2.31 bits per heavy atom. The summed E-state index contributed by atoms with van der Waals surface area (Å²) in [4.78, 5) is 8.01. The van der Waals surface area contributed by atoms with Gasteiger partial charge in [0, 0.05) is 19.2 Å². The van der Waals surface area contributed by atoms with Gasteiger partial charge in [-0.1, -0.05) is 24.3 Å². The minimum absolute atomic E-state index is 0.316. The number of hydrogen-bond donors (Lipinski definition) is 2. The molecular weight excluding hydrogens is 200 g/mol. The predicted octanol–water partition coefficient (Wildman–Crippen LogP) is 1.11. The monoisotopic (exact) mass is 214 g/mol. The fourth-order valence-electron chi connectivity index (χ4n) is 1.51. The van der Waals surface area contributed by atoms with Crippen LogP contribution in [0.2, 0.25) is 0 Å². The highest BCUT2D eigenvalue weighted by Gasteiger charge is 1.99. The second-order valence-corrected chi connectivity index (χ2v) is 3.60. The molecule has 0 fully saturated rings. The van der Waals surface area contributed by atoms with Crippen LogP contribution in [0.3, 0.4) is 0 Å². The van der Waals surface area contributed by atoms with Gasteiger partial charge in [-0.15, -0.1) is 0 Å². The van der Waals surface area contributed by atoms with Gasteiger partial charge in [0.2, 0.25) is 5.95 Å². The summed E-state index contributed by atoms with van der Waals surface area (Å²) >= 11 is 0. The minimum atomic E-state index is 0.316. The van der Waals surface area contributed by atoms with E-state index in [-0.39, 0.29) is 0 Å². The molecule has 0 amide bonds. The van der Waals surface area contributed by atoms with Crippen molar-refractivity contribution in [2.24, 2.45) is 5.73 Å². The van der Waals surface area contributed by atoms with Crippen molar-refractivity contribution in [3.05, 3.63) is 53.3 Å². The molecule has 0 saturated heterocycles. The third kappa shape index (κ3) is 2.55. The maximum Gasteiger partial charge on any atom is 0.220 e. The summed E-state index contributed by atoms with van der Waals surface area (Å²) < 4.78 is 0. The Morgan fingerprint density at radius 2 is 1.69 bits per heavy atom. The number of rotatable bonds is 3. The second kappa shape index (κ2) is 4.72. The largest absolute Gasteiger partial charge is 0.368 e. The normalized spacial score (nSPS) is 10.3. The molecule has 4 heteroatoms. The molecule has 0 radical (unpaired) electrons. The minimum Gasteiger partial charge on any atom is -0.368 e. The first-order chi connectivity index (χ1) is 7.78. The molecule has 0 aliphatic rings. The number of nitrogens with two attached hydrogens (primary N) is 2. The molecule has 4 N–H and O–H groups in total. The summed E-state index contributed by atoms with van der Waals surface area (Å²) in [6, 6.07) is 10.0. The molecule has 0 aliphatic heterocycles. The molecule has 2 rings (SSSR count). The van der Waals surface area contributed by atoms with Crippen LogP contribution in [0, 0.1) is 0 Å². The van der Waals surface area contributed by atoms with E-state index in [2.05, 4.69) is 22.1 Å². The Labute approximate surface area is 94.3 Å². The van der Waals surface area contributed by atoms with Crippen molar-refractivity contribution in [3.63, 3.8) is 0 Å². The smallest absolute Gasteiger partial charge is 0.220 e. The zero-order valence-electron chi connectivity index (χ0n) is 8.93. The number of anilines is 1. The second-order valence-electron chi connectivity index (χ2n) is 3.60. The lowest BCUT2D eigenvalue weighted by Gasteiger charge is -2.03. The van der Waals surface area contributed by atoms with E-state index in [1.807, 2.05) is 18.2 Å². The van der Waals surface area contributed by atoms with Crippen LogP contribution < -0.4 is 11.5 Å². The van der Waals surface area contributed by atoms with Crippen molar-refractivity contribution in [1.29, 1.82) is 0 Å². The average molecular weight is 214 g/mol. The summed E-state index contributed by atoms with van der Waals surface area (Å²) in [5.41, 5.74) is 14.3. The number of hydrogen-bond acceptors (Lipinski definition) is 4. The fraction of sp³-hybridized carbons (Fsp3) is 0.167. The van der Waals surface area contributed by atoms with Crippen molar-refractivity contribution >= 4 is 5.95 Å². The molecule has 82 valence electrons. The standard InChI is InChI=1S/C12H14N4/c13-8-10-3-1-9(2-4-10)7-11-5-6-15-12(14)16-11/h1-6H,7-8,13H2,(H2,14,15,16). The number of benzene rings is 1. The van der Waals surface area contributed by atoms with E-state index in [4.69, 9.17) is 11.5 Å². The summed E-state index contributed by atoms with van der Waals surface area (Å²) in [5.74, 6) is 0.316. The highest BCUT2D eigenvalue weighted by molar-refractivity contribution is 5.27. The third-order valence-electron chi connectivity index (χ3n) is 2.38. The topological polar surface area (TPSA) is 77.8 Å². The highest BCUT2D eigenvalue weighted by Crippen LogP contribution is 2.09. The predicted molar refractivity (Wildman–Crippen MR) is 63.6 cm³/mol. The van der Waals surface area contributed by atoms with Crippen LogP contribution in [0.4, 0.5) is 5.95 Å². The maximum atomic E-state index is 5.54. The maximum absolute atomic E-state index is 5.54. The first kappa shape index (κ1) is 10.6. The Bertz CT molecular complexity index is 465. The molecule has 0 aliphatic carbocycles. The lowest BCUT2D eigenvalue weighted by atomic mass is 10.1. The summed E-state index contributed by atoms with van der Waals surface area (Å²) in [5, 5.41) is 0. The quantitative estimate of drug-likeness (QED) is 0.802. The van der Waals surface area contributed by atoms with Crippen LogP contribution in [0.15, 0.2) is 36.5 Å². The van der Waals surface area contributed by atoms with E-state index in [9.17, 15) is 0 Å². The van der Waals surface area contributed by atoms with Gasteiger partial charge in [-0.3, -0.25) is 0 Å². The average Bonchev–Trinajstić information content (AvgIpc) is 2.30. The molecular formula is C12H14N4. The summed E-state index contributed by atoms with van der Waals surface area (Å²) in [6.07, 6.45) is 2.43. The molecule has 0 atom stereocenters. The number of aromatic nitrogens is 2. The van der Waals surface area contributed by atoms with Crippen molar-refractivity contribution in [1.82, 2.24) is 9.97 Å².